The Morgan fingerprint density at radius 1 is 1.12 bits per heavy atom. The number of para-hydroxylation sites is 1. The molecule has 0 saturated heterocycles. The van der Waals surface area contributed by atoms with Crippen LogP contribution in [0.2, 0.25) is 5.02 Å². The smallest absolute Gasteiger partial charge is 0.270 e. The third-order valence-corrected chi connectivity index (χ3v) is 5.41. The summed E-state index contributed by atoms with van der Waals surface area (Å²) >= 11 is 5.93. The summed E-state index contributed by atoms with van der Waals surface area (Å²) in [5.41, 5.74) is 0.295. The number of sulfonamides is 1. The summed E-state index contributed by atoms with van der Waals surface area (Å²) in [5.74, 6) is -1.01. The quantitative estimate of drug-likeness (QED) is 0.734. The number of fused-ring (bicyclic) bond motifs is 1. The number of aromatic nitrogens is 1. The summed E-state index contributed by atoms with van der Waals surface area (Å²) in [7, 11) is -4.15. The number of hydrogen-bond acceptors (Lipinski definition) is 4. The highest BCUT2D eigenvalue weighted by Crippen LogP contribution is 2.20. The van der Waals surface area contributed by atoms with Gasteiger partial charge in [-0.3, -0.25) is 9.59 Å². The predicted molar refractivity (Wildman–Crippen MR) is 95.4 cm³/mol. The molecular weight excluding hydrogens is 364 g/mol. The van der Waals surface area contributed by atoms with Crippen LogP contribution in [-0.4, -0.2) is 19.3 Å². The normalized spacial score (nSPS) is 11.4. The van der Waals surface area contributed by atoms with E-state index in [1.54, 1.807) is 31.2 Å². The number of pyridine rings is 1. The number of H-pyrrole nitrogens is 1. The molecule has 2 N–H and O–H groups in total. The van der Waals surface area contributed by atoms with Crippen LogP contribution in [-0.2, 0) is 10.0 Å². The highest BCUT2D eigenvalue weighted by atomic mass is 35.5. The minimum Gasteiger partial charge on any atom is -0.321 e. The SMILES string of the molecule is Cc1ccc(S(=O)(=O)NC(=O)c2cc3ccccc3[nH]c2=O)cc1Cl. The largest absolute Gasteiger partial charge is 0.321 e. The molecule has 1 amide bonds. The second-order valence-electron chi connectivity index (χ2n) is 5.45. The van der Waals surface area contributed by atoms with E-state index in [0.29, 0.717) is 16.5 Å². The fraction of sp³-hybridized carbons (Fsp3) is 0.0588. The molecule has 0 bridgehead atoms. The number of halogens is 1. The van der Waals surface area contributed by atoms with Gasteiger partial charge >= 0.3 is 0 Å². The zero-order chi connectivity index (χ0) is 18.2. The van der Waals surface area contributed by atoms with Crippen molar-refractivity contribution < 1.29 is 13.2 Å². The fourth-order valence-corrected chi connectivity index (χ4v) is 3.53. The van der Waals surface area contributed by atoms with Crippen LogP contribution in [0.1, 0.15) is 15.9 Å². The lowest BCUT2D eigenvalue weighted by atomic mass is 10.1. The number of aromatic amines is 1. The Morgan fingerprint density at radius 3 is 2.56 bits per heavy atom. The first kappa shape index (κ1) is 17.2. The van der Waals surface area contributed by atoms with Crippen molar-refractivity contribution in [3.63, 3.8) is 0 Å². The lowest BCUT2D eigenvalue weighted by molar-refractivity contribution is 0.0980. The van der Waals surface area contributed by atoms with Gasteiger partial charge in [0.15, 0.2) is 0 Å². The minimum absolute atomic E-state index is 0.159. The maximum atomic E-state index is 12.4. The Labute approximate surface area is 148 Å². The summed E-state index contributed by atoms with van der Waals surface area (Å²) in [5, 5.41) is 0.877. The average molecular weight is 377 g/mol. The number of carbonyl (C=O) groups excluding carboxylic acids is 1. The molecule has 6 nitrogen and oxygen atoms in total. The maximum Gasteiger partial charge on any atom is 0.270 e. The standard InChI is InChI=1S/C17H13ClN2O4S/c1-10-6-7-12(9-14(10)18)25(23,24)20-17(22)13-8-11-4-2-3-5-15(11)19-16(13)21/h2-9H,1H3,(H,19,21)(H,20,22). The van der Waals surface area contributed by atoms with Crippen molar-refractivity contribution in [3.8, 4) is 0 Å². The molecule has 1 heterocycles. The zero-order valence-corrected chi connectivity index (χ0v) is 14.6. The molecule has 0 atom stereocenters. The molecule has 3 aromatic rings. The van der Waals surface area contributed by atoms with Crippen LogP contribution in [0.3, 0.4) is 0 Å². The Hall–Kier alpha value is -2.64. The third kappa shape index (κ3) is 3.42. The van der Waals surface area contributed by atoms with E-state index in [0.717, 1.165) is 0 Å². The van der Waals surface area contributed by atoms with E-state index in [-0.39, 0.29) is 15.5 Å². The molecule has 0 spiro atoms. The molecule has 128 valence electrons. The molecule has 0 aliphatic carbocycles. The molecular formula is C17H13ClN2O4S. The number of amides is 1. The van der Waals surface area contributed by atoms with Gasteiger partial charge in [-0.1, -0.05) is 35.9 Å². The molecule has 0 aliphatic heterocycles. The van der Waals surface area contributed by atoms with Crippen LogP contribution in [0.4, 0.5) is 0 Å². The van der Waals surface area contributed by atoms with E-state index in [4.69, 9.17) is 11.6 Å². The van der Waals surface area contributed by atoms with Crippen molar-refractivity contribution >= 4 is 38.4 Å². The van der Waals surface area contributed by atoms with Gasteiger partial charge in [0.1, 0.15) is 5.56 Å². The molecule has 0 aliphatic rings. The Bertz CT molecular complexity index is 1150. The first-order valence-corrected chi connectivity index (χ1v) is 9.09. The van der Waals surface area contributed by atoms with Gasteiger partial charge in [-0.25, -0.2) is 13.1 Å². The number of nitrogens with one attached hydrogen (secondary N) is 2. The van der Waals surface area contributed by atoms with Crippen LogP contribution in [0.25, 0.3) is 10.9 Å². The summed E-state index contributed by atoms with van der Waals surface area (Å²) in [6.45, 7) is 1.73. The van der Waals surface area contributed by atoms with Gasteiger partial charge in [-0.15, -0.1) is 0 Å². The number of aryl methyl sites for hydroxylation is 1. The van der Waals surface area contributed by atoms with Gasteiger partial charge in [-0.2, -0.15) is 0 Å². The molecule has 1 aromatic heterocycles. The molecule has 0 unspecified atom stereocenters. The third-order valence-electron chi connectivity index (χ3n) is 3.68. The molecule has 2 aromatic carbocycles. The van der Waals surface area contributed by atoms with Gasteiger partial charge in [0, 0.05) is 10.5 Å². The van der Waals surface area contributed by atoms with Gasteiger partial charge in [-0.05, 0) is 42.1 Å². The minimum atomic E-state index is -4.15. The van der Waals surface area contributed by atoms with Gasteiger partial charge < -0.3 is 4.98 Å². The summed E-state index contributed by atoms with van der Waals surface area (Å²) < 4.78 is 26.6. The van der Waals surface area contributed by atoms with Crippen LogP contribution in [0.15, 0.2) is 58.2 Å². The first-order valence-electron chi connectivity index (χ1n) is 7.23. The number of benzene rings is 2. The van der Waals surface area contributed by atoms with Gasteiger partial charge in [0.25, 0.3) is 21.5 Å². The predicted octanol–water partition coefficient (Wildman–Crippen LogP) is 2.61. The van der Waals surface area contributed by atoms with E-state index in [2.05, 4.69) is 4.98 Å². The highest BCUT2D eigenvalue weighted by Gasteiger charge is 2.21. The first-order chi connectivity index (χ1) is 11.8. The van der Waals surface area contributed by atoms with E-state index < -0.39 is 21.5 Å². The number of hydrogen-bond donors (Lipinski definition) is 2. The van der Waals surface area contributed by atoms with E-state index >= 15 is 0 Å². The van der Waals surface area contributed by atoms with Crippen LogP contribution in [0, 0.1) is 6.92 Å². The van der Waals surface area contributed by atoms with Crippen molar-refractivity contribution in [2.45, 2.75) is 11.8 Å². The molecule has 3 rings (SSSR count). The fourth-order valence-electron chi connectivity index (χ4n) is 2.29. The van der Waals surface area contributed by atoms with Crippen LogP contribution >= 0.6 is 11.6 Å². The van der Waals surface area contributed by atoms with Crippen molar-refractivity contribution in [3.05, 3.63) is 75.0 Å². The van der Waals surface area contributed by atoms with Gasteiger partial charge in [0.2, 0.25) is 0 Å². The molecule has 25 heavy (non-hydrogen) atoms. The molecule has 0 fully saturated rings. The van der Waals surface area contributed by atoms with Crippen molar-refractivity contribution in [1.29, 1.82) is 0 Å². The summed E-state index contributed by atoms with van der Waals surface area (Å²) in [6, 6.07) is 12.3. The number of rotatable bonds is 3. The maximum absolute atomic E-state index is 12.4. The second-order valence-corrected chi connectivity index (χ2v) is 7.53. The lowest BCUT2D eigenvalue weighted by Gasteiger charge is -2.08. The highest BCUT2D eigenvalue weighted by molar-refractivity contribution is 7.90. The van der Waals surface area contributed by atoms with Crippen LogP contribution in [0.5, 0.6) is 0 Å². The molecule has 8 heteroatoms. The Morgan fingerprint density at radius 2 is 1.84 bits per heavy atom. The topological polar surface area (TPSA) is 96.1 Å². The van der Waals surface area contributed by atoms with E-state index in [1.807, 2.05) is 4.72 Å². The Kier molecular flexibility index (Phi) is 4.36. The van der Waals surface area contributed by atoms with E-state index in [1.165, 1.54) is 24.3 Å². The lowest BCUT2D eigenvalue weighted by Crippen LogP contribution is -2.34. The second kappa shape index (κ2) is 6.34. The van der Waals surface area contributed by atoms with Crippen molar-refractivity contribution in [2.75, 3.05) is 0 Å². The molecule has 0 saturated carbocycles. The average Bonchev–Trinajstić information content (AvgIpc) is 2.56. The van der Waals surface area contributed by atoms with Crippen LogP contribution < -0.4 is 10.3 Å². The van der Waals surface area contributed by atoms with E-state index in [9.17, 15) is 18.0 Å². The number of carbonyl (C=O) groups is 1. The molecule has 0 radical (unpaired) electrons. The Balaban J connectivity index is 1.97. The summed E-state index contributed by atoms with van der Waals surface area (Å²) in [6.07, 6.45) is 0. The van der Waals surface area contributed by atoms with Crippen molar-refractivity contribution in [2.24, 2.45) is 0 Å². The zero-order valence-electron chi connectivity index (χ0n) is 13.0. The summed E-state index contributed by atoms with van der Waals surface area (Å²) in [4.78, 5) is 26.8. The van der Waals surface area contributed by atoms with Crippen molar-refractivity contribution in [1.82, 2.24) is 9.71 Å². The monoisotopic (exact) mass is 376 g/mol. The van der Waals surface area contributed by atoms with Gasteiger partial charge in [0.05, 0.1) is 4.90 Å².